The fourth-order valence-corrected chi connectivity index (χ4v) is 3.58. The van der Waals surface area contributed by atoms with Crippen molar-refractivity contribution >= 4 is 24.3 Å². The highest BCUT2D eigenvalue weighted by Gasteiger charge is 2.25. The van der Waals surface area contributed by atoms with Gasteiger partial charge in [0, 0.05) is 12.1 Å². The van der Waals surface area contributed by atoms with Crippen LogP contribution in [0.2, 0.25) is 0 Å². The normalized spacial score (nSPS) is 25.1. The zero-order chi connectivity index (χ0) is 15.8. The van der Waals surface area contributed by atoms with E-state index in [2.05, 4.69) is 16.0 Å². The van der Waals surface area contributed by atoms with Crippen molar-refractivity contribution in [3.05, 3.63) is 0 Å². The molecule has 2 fully saturated rings. The summed E-state index contributed by atoms with van der Waals surface area (Å²) >= 11 is 0. The van der Waals surface area contributed by atoms with Gasteiger partial charge in [-0.1, -0.05) is 32.1 Å². The Balaban J connectivity index is 0.00000264. The first-order valence-corrected chi connectivity index (χ1v) is 8.73. The Bertz CT molecular complexity index is 375. The molecule has 0 bridgehead atoms. The van der Waals surface area contributed by atoms with Gasteiger partial charge in [-0.25, -0.2) is 4.79 Å². The van der Waals surface area contributed by atoms with Crippen molar-refractivity contribution in [2.75, 3.05) is 13.1 Å². The van der Waals surface area contributed by atoms with Crippen molar-refractivity contribution in [1.29, 1.82) is 0 Å². The monoisotopic (exact) mass is 346 g/mol. The first-order valence-electron chi connectivity index (χ1n) is 8.73. The lowest BCUT2D eigenvalue weighted by Crippen LogP contribution is -2.50. The van der Waals surface area contributed by atoms with Crippen LogP contribution in [0.5, 0.6) is 0 Å². The van der Waals surface area contributed by atoms with Crippen LogP contribution in [0.1, 0.15) is 57.8 Å². The number of hydrogen-bond acceptors (Lipinski definition) is 3. The molecule has 0 saturated heterocycles. The Kier molecular flexibility index (Phi) is 9.33. The average molecular weight is 347 g/mol. The lowest BCUT2D eigenvalue weighted by molar-refractivity contribution is -0.121. The molecule has 0 aliphatic heterocycles. The molecule has 0 aromatic heterocycles. The fraction of sp³-hybridized carbons (Fsp3) is 0.875. The van der Waals surface area contributed by atoms with Gasteiger partial charge in [-0.15, -0.1) is 12.4 Å². The van der Waals surface area contributed by atoms with Crippen LogP contribution >= 0.6 is 12.4 Å². The van der Waals surface area contributed by atoms with Crippen molar-refractivity contribution in [2.45, 2.75) is 69.9 Å². The molecule has 2 unspecified atom stereocenters. The number of rotatable bonds is 5. The molecule has 2 saturated carbocycles. The van der Waals surface area contributed by atoms with E-state index in [1.165, 1.54) is 25.7 Å². The zero-order valence-electron chi connectivity index (χ0n) is 13.8. The number of halogens is 1. The van der Waals surface area contributed by atoms with E-state index in [-0.39, 0.29) is 43.0 Å². The van der Waals surface area contributed by atoms with Crippen LogP contribution in [0.3, 0.4) is 0 Å². The second-order valence-electron chi connectivity index (χ2n) is 6.62. The van der Waals surface area contributed by atoms with Crippen LogP contribution in [0, 0.1) is 5.92 Å². The van der Waals surface area contributed by atoms with Crippen LogP contribution in [0.15, 0.2) is 0 Å². The van der Waals surface area contributed by atoms with E-state index in [0.717, 1.165) is 32.1 Å². The smallest absolute Gasteiger partial charge is 0.315 e. The maximum atomic E-state index is 12.0. The van der Waals surface area contributed by atoms with Crippen LogP contribution in [-0.4, -0.2) is 37.1 Å². The topological polar surface area (TPSA) is 96.2 Å². The minimum atomic E-state index is -0.235. The van der Waals surface area contributed by atoms with E-state index in [0.29, 0.717) is 12.5 Å². The molecule has 2 atom stereocenters. The highest BCUT2D eigenvalue weighted by atomic mass is 35.5. The predicted octanol–water partition coefficient (Wildman–Crippen LogP) is 1.67. The second-order valence-corrected chi connectivity index (χ2v) is 6.62. The van der Waals surface area contributed by atoms with Crippen LogP contribution in [0.4, 0.5) is 4.79 Å². The van der Waals surface area contributed by atoms with Crippen molar-refractivity contribution in [2.24, 2.45) is 11.7 Å². The Morgan fingerprint density at radius 1 is 0.913 bits per heavy atom. The number of carbonyl (C=O) groups is 2. The molecule has 0 aromatic carbocycles. The molecule has 0 heterocycles. The number of nitrogens with two attached hydrogens (primary N) is 1. The Morgan fingerprint density at radius 3 is 2.26 bits per heavy atom. The van der Waals surface area contributed by atoms with Crippen molar-refractivity contribution < 1.29 is 9.59 Å². The second kappa shape index (κ2) is 10.7. The molecule has 0 aromatic rings. The maximum absolute atomic E-state index is 12.0. The fourth-order valence-electron chi connectivity index (χ4n) is 3.58. The minimum absolute atomic E-state index is 0. The first kappa shape index (κ1) is 20.0. The maximum Gasteiger partial charge on any atom is 0.315 e. The van der Waals surface area contributed by atoms with Crippen LogP contribution in [0.25, 0.3) is 0 Å². The standard InChI is InChI=1S/C16H30N4O2.ClH/c17-10-12-6-4-5-9-14(12)20-15(21)11-18-16(22)19-13-7-2-1-3-8-13;/h12-14H,1-11,17H2,(H,20,21)(H2,18,19,22);1H. The summed E-state index contributed by atoms with van der Waals surface area (Å²) < 4.78 is 0. The van der Waals surface area contributed by atoms with E-state index < -0.39 is 0 Å². The third-order valence-electron chi connectivity index (χ3n) is 4.91. The highest BCUT2D eigenvalue weighted by molar-refractivity contribution is 5.85. The third-order valence-corrected chi connectivity index (χ3v) is 4.91. The van der Waals surface area contributed by atoms with Gasteiger partial charge in [0.2, 0.25) is 5.91 Å². The van der Waals surface area contributed by atoms with Crippen molar-refractivity contribution in [1.82, 2.24) is 16.0 Å². The lowest BCUT2D eigenvalue weighted by atomic mass is 9.84. The predicted molar refractivity (Wildman–Crippen MR) is 93.6 cm³/mol. The molecule has 23 heavy (non-hydrogen) atoms. The van der Waals surface area contributed by atoms with Crippen molar-refractivity contribution in [3.63, 3.8) is 0 Å². The molecule has 134 valence electrons. The molecule has 7 heteroatoms. The molecule has 2 rings (SSSR count). The summed E-state index contributed by atoms with van der Waals surface area (Å²) in [5.41, 5.74) is 5.76. The van der Waals surface area contributed by atoms with E-state index in [1.807, 2.05) is 0 Å². The minimum Gasteiger partial charge on any atom is -0.352 e. The largest absolute Gasteiger partial charge is 0.352 e. The Hall–Kier alpha value is -1.01. The summed E-state index contributed by atoms with van der Waals surface area (Å²) in [6.07, 6.45) is 10.1. The first-order chi connectivity index (χ1) is 10.7. The molecule has 6 nitrogen and oxygen atoms in total. The zero-order valence-corrected chi connectivity index (χ0v) is 14.6. The molecule has 2 aliphatic carbocycles. The summed E-state index contributed by atoms with van der Waals surface area (Å²) in [4.78, 5) is 23.8. The summed E-state index contributed by atoms with van der Waals surface area (Å²) in [6.45, 7) is 0.646. The van der Waals surface area contributed by atoms with Crippen LogP contribution in [-0.2, 0) is 4.79 Å². The van der Waals surface area contributed by atoms with Gasteiger partial charge in [0.15, 0.2) is 0 Å². The number of hydrogen-bond donors (Lipinski definition) is 4. The molecule has 3 amide bonds. The van der Waals surface area contributed by atoms with E-state index in [1.54, 1.807) is 0 Å². The van der Waals surface area contributed by atoms with E-state index >= 15 is 0 Å². The molecule has 0 spiro atoms. The number of nitrogens with one attached hydrogen (secondary N) is 3. The Morgan fingerprint density at radius 2 is 1.57 bits per heavy atom. The SMILES string of the molecule is Cl.NCC1CCCCC1NC(=O)CNC(=O)NC1CCCCC1. The number of carbonyl (C=O) groups excluding carboxylic acids is 2. The average Bonchev–Trinajstić information content (AvgIpc) is 2.54. The molecular formula is C16H31ClN4O2. The van der Waals surface area contributed by atoms with Gasteiger partial charge in [0.25, 0.3) is 0 Å². The molecule has 5 N–H and O–H groups in total. The van der Waals surface area contributed by atoms with Gasteiger partial charge in [0.05, 0.1) is 6.54 Å². The van der Waals surface area contributed by atoms with Gasteiger partial charge in [-0.05, 0) is 38.1 Å². The number of urea groups is 1. The van der Waals surface area contributed by atoms with Gasteiger partial charge >= 0.3 is 6.03 Å². The van der Waals surface area contributed by atoms with Gasteiger partial charge in [-0.2, -0.15) is 0 Å². The van der Waals surface area contributed by atoms with Gasteiger partial charge in [0.1, 0.15) is 0 Å². The summed E-state index contributed by atoms with van der Waals surface area (Å²) in [5.74, 6) is 0.248. The molecule has 0 radical (unpaired) electrons. The van der Waals surface area contributed by atoms with E-state index in [4.69, 9.17) is 5.73 Å². The van der Waals surface area contributed by atoms with Crippen LogP contribution < -0.4 is 21.7 Å². The summed E-state index contributed by atoms with van der Waals surface area (Å²) in [7, 11) is 0. The quantitative estimate of drug-likeness (QED) is 0.609. The van der Waals surface area contributed by atoms with Gasteiger partial charge in [-0.3, -0.25) is 4.79 Å². The summed E-state index contributed by atoms with van der Waals surface area (Å²) in [5, 5.41) is 8.62. The summed E-state index contributed by atoms with van der Waals surface area (Å²) in [6, 6.07) is 0.187. The van der Waals surface area contributed by atoms with Gasteiger partial charge < -0.3 is 21.7 Å². The lowest BCUT2D eigenvalue weighted by Gasteiger charge is -2.31. The van der Waals surface area contributed by atoms with E-state index in [9.17, 15) is 9.59 Å². The van der Waals surface area contributed by atoms with Crippen molar-refractivity contribution in [3.8, 4) is 0 Å². The molecular weight excluding hydrogens is 316 g/mol. The Labute approximate surface area is 145 Å². The number of amides is 3. The molecule has 2 aliphatic rings. The third kappa shape index (κ3) is 6.96. The highest BCUT2D eigenvalue weighted by Crippen LogP contribution is 2.23.